The lowest BCUT2D eigenvalue weighted by molar-refractivity contribution is -0.137. The van der Waals surface area contributed by atoms with Crippen molar-refractivity contribution in [2.45, 2.75) is 13.8 Å². The molecule has 0 spiro atoms. The Kier molecular flexibility index (Phi) is 4.70. The van der Waals surface area contributed by atoms with Gasteiger partial charge in [0, 0.05) is 18.1 Å². The van der Waals surface area contributed by atoms with Crippen molar-refractivity contribution in [1.82, 2.24) is 9.88 Å². The van der Waals surface area contributed by atoms with Gasteiger partial charge >= 0.3 is 5.97 Å². The van der Waals surface area contributed by atoms with Crippen LogP contribution in [0.25, 0.3) is 10.9 Å². The minimum Gasteiger partial charge on any atom is -0.480 e. The number of halogens is 1. The van der Waals surface area contributed by atoms with Crippen molar-refractivity contribution in [1.29, 1.82) is 0 Å². The summed E-state index contributed by atoms with van der Waals surface area (Å²) in [5.41, 5.74) is 0.450. The molecule has 116 valence electrons. The second-order valence-corrected chi connectivity index (χ2v) is 5.50. The van der Waals surface area contributed by atoms with Gasteiger partial charge in [0.1, 0.15) is 12.4 Å². The molecular formula is C16H17FN2O3. The molecule has 2 rings (SSSR count). The molecule has 1 aromatic carbocycles. The Morgan fingerprint density at radius 3 is 2.73 bits per heavy atom. The van der Waals surface area contributed by atoms with Crippen LogP contribution in [0, 0.1) is 11.7 Å². The molecule has 0 saturated heterocycles. The third-order valence-electron chi connectivity index (χ3n) is 3.10. The quantitative estimate of drug-likeness (QED) is 0.921. The highest BCUT2D eigenvalue weighted by atomic mass is 19.1. The maximum Gasteiger partial charge on any atom is 0.323 e. The number of hydrogen-bond acceptors (Lipinski definition) is 3. The van der Waals surface area contributed by atoms with Crippen molar-refractivity contribution in [2.75, 3.05) is 13.1 Å². The molecule has 6 heteroatoms. The van der Waals surface area contributed by atoms with E-state index in [4.69, 9.17) is 5.11 Å². The Morgan fingerprint density at radius 1 is 1.36 bits per heavy atom. The summed E-state index contributed by atoms with van der Waals surface area (Å²) in [6.07, 6.45) is 1.51. The molecule has 5 nitrogen and oxygen atoms in total. The van der Waals surface area contributed by atoms with Gasteiger partial charge in [0.15, 0.2) is 0 Å². The van der Waals surface area contributed by atoms with Gasteiger partial charge < -0.3 is 10.0 Å². The lowest BCUT2D eigenvalue weighted by Gasteiger charge is -2.23. The van der Waals surface area contributed by atoms with Gasteiger partial charge in [-0.1, -0.05) is 19.9 Å². The predicted molar refractivity (Wildman–Crippen MR) is 80.1 cm³/mol. The van der Waals surface area contributed by atoms with Gasteiger partial charge in [-0.25, -0.2) is 4.39 Å². The van der Waals surface area contributed by atoms with Crippen LogP contribution in [-0.2, 0) is 4.79 Å². The Hall–Kier alpha value is -2.50. The summed E-state index contributed by atoms with van der Waals surface area (Å²) in [4.78, 5) is 28.9. The predicted octanol–water partition coefficient (Wildman–Crippen LogP) is 2.56. The van der Waals surface area contributed by atoms with Crippen molar-refractivity contribution >= 4 is 22.8 Å². The van der Waals surface area contributed by atoms with Crippen LogP contribution in [-0.4, -0.2) is 40.0 Å². The summed E-state index contributed by atoms with van der Waals surface area (Å²) in [5, 5.41) is 9.48. The van der Waals surface area contributed by atoms with E-state index in [0.717, 1.165) is 6.07 Å². The lowest BCUT2D eigenvalue weighted by atomic mass is 10.1. The lowest BCUT2D eigenvalue weighted by Crippen LogP contribution is -2.38. The highest BCUT2D eigenvalue weighted by molar-refractivity contribution is 6.06. The SMILES string of the molecule is CC(C)CN(CC(=O)O)C(=O)c1cc(F)cc2cccnc12. The van der Waals surface area contributed by atoms with Crippen LogP contribution in [0.15, 0.2) is 30.5 Å². The van der Waals surface area contributed by atoms with Gasteiger partial charge in [-0.3, -0.25) is 14.6 Å². The molecule has 1 aromatic heterocycles. The zero-order chi connectivity index (χ0) is 16.3. The largest absolute Gasteiger partial charge is 0.480 e. The van der Waals surface area contributed by atoms with Gasteiger partial charge in [0.25, 0.3) is 5.91 Å². The number of carbonyl (C=O) groups is 2. The number of aromatic nitrogens is 1. The highest BCUT2D eigenvalue weighted by Crippen LogP contribution is 2.20. The average Bonchev–Trinajstić information content (AvgIpc) is 2.43. The fourth-order valence-electron chi connectivity index (χ4n) is 2.31. The van der Waals surface area contributed by atoms with E-state index < -0.39 is 24.2 Å². The Balaban J connectivity index is 2.47. The Labute approximate surface area is 127 Å². The number of carbonyl (C=O) groups excluding carboxylic acids is 1. The van der Waals surface area contributed by atoms with Crippen LogP contribution in [0.5, 0.6) is 0 Å². The average molecular weight is 304 g/mol. The fraction of sp³-hybridized carbons (Fsp3) is 0.312. The maximum atomic E-state index is 13.7. The topological polar surface area (TPSA) is 70.5 Å². The van der Waals surface area contributed by atoms with E-state index in [0.29, 0.717) is 10.9 Å². The van der Waals surface area contributed by atoms with E-state index >= 15 is 0 Å². The molecular weight excluding hydrogens is 287 g/mol. The van der Waals surface area contributed by atoms with Crippen molar-refractivity contribution in [3.63, 3.8) is 0 Å². The number of nitrogens with zero attached hydrogens (tertiary/aromatic N) is 2. The first-order valence-electron chi connectivity index (χ1n) is 6.94. The molecule has 0 radical (unpaired) electrons. The number of carboxylic acids is 1. The molecule has 0 bridgehead atoms. The molecule has 1 heterocycles. The number of rotatable bonds is 5. The summed E-state index contributed by atoms with van der Waals surface area (Å²) in [6.45, 7) is 3.60. The summed E-state index contributed by atoms with van der Waals surface area (Å²) < 4.78 is 13.7. The van der Waals surface area contributed by atoms with Crippen molar-refractivity contribution < 1.29 is 19.1 Å². The van der Waals surface area contributed by atoms with E-state index in [1.54, 1.807) is 12.1 Å². The smallest absolute Gasteiger partial charge is 0.323 e. The first-order valence-corrected chi connectivity index (χ1v) is 6.94. The molecule has 0 aliphatic carbocycles. The number of fused-ring (bicyclic) bond motifs is 1. The molecule has 0 atom stereocenters. The summed E-state index contributed by atoms with van der Waals surface area (Å²) in [6, 6.07) is 5.71. The Bertz CT molecular complexity index is 716. The fourth-order valence-corrected chi connectivity index (χ4v) is 2.31. The number of amides is 1. The van der Waals surface area contributed by atoms with E-state index in [9.17, 15) is 14.0 Å². The van der Waals surface area contributed by atoms with Crippen LogP contribution in [0.4, 0.5) is 4.39 Å². The van der Waals surface area contributed by atoms with Crippen LogP contribution in [0.2, 0.25) is 0 Å². The van der Waals surface area contributed by atoms with Gasteiger partial charge in [-0.2, -0.15) is 0 Å². The van der Waals surface area contributed by atoms with Crippen LogP contribution >= 0.6 is 0 Å². The van der Waals surface area contributed by atoms with Gasteiger partial charge in [-0.15, -0.1) is 0 Å². The minimum atomic E-state index is -1.11. The summed E-state index contributed by atoms with van der Waals surface area (Å²) >= 11 is 0. The van der Waals surface area contributed by atoms with Gasteiger partial charge in [-0.05, 0) is 24.1 Å². The maximum absolute atomic E-state index is 13.7. The van der Waals surface area contributed by atoms with Crippen molar-refractivity contribution in [2.24, 2.45) is 5.92 Å². The third-order valence-corrected chi connectivity index (χ3v) is 3.10. The minimum absolute atomic E-state index is 0.0810. The van der Waals surface area contributed by atoms with E-state index in [-0.39, 0.29) is 18.0 Å². The number of benzene rings is 1. The molecule has 0 aliphatic heterocycles. The molecule has 0 fully saturated rings. The molecule has 1 N–H and O–H groups in total. The highest BCUT2D eigenvalue weighted by Gasteiger charge is 2.22. The molecule has 0 saturated carbocycles. The Morgan fingerprint density at radius 2 is 2.09 bits per heavy atom. The second-order valence-electron chi connectivity index (χ2n) is 5.50. The summed E-state index contributed by atoms with van der Waals surface area (Å²) in [7, 11) is 0. The molecule has 22 heavy (non-hydrogen) atoms. The molecule has 1 amide bonds. The number of aliphatic carboxylic acids is 1. The molecule has 0 aliphatic rings. The van der Waals surface area contributed by atoms with Crippen molar-refractivity contribution in [3.8, 4) is 0 Å². The molecule has 2 aromatic rings. The van der Waals surface area contributed by atoms with Crippen LogP contribution in [0.3, 0.4) is 0 Å². The third kappa shape index (κ3) is 3.58. The van der Waals surface area contributed by atoms with Crippen molar-refractivity contribution in [3.05, 3.63) is 41.8 Å². The zero-order valence-electron chi connectivity index (χ0n) is 12.4. The monoisotopic (exact) mass is 304 g/mol. The number of pyridine rings is 1. The standard InChI is InChI=1S/C16H17FN2O3/c1-10(2)8-19(9-14(20)21)16(22)13-7-12(17)6-11-4-3-5-18-15(11)13/h3-7,10H,8-9H2,1-2H3,(H,20,21). The first kappa shape index (κ1) is 15.9. The second kappa shape index (κ2) is 6.51. The van der Waals surface area contributed by atoms with Gasteiger partial charge in [0.2, 0.25) is 0 Å². The number of hydrogen-bond donors (Lipinski definition) is 1. The van der Waals surface area contributed by atoms with Crippen LogP contribution < -0.4 is 0 Å². The first-order chi connectivity index (χ1) is 10.4. The molecule has 0 unspecified atom stereocenters. The normalized spacial score (nSPS) is 10.9. The summed E-state index contributed by atoms with van der Waals surface area (Å²) in [5.74, 6) is -2.10. The van der Waals surface area contributed by atoms with E-state index in [2.05, 4.69) is 4.98 Å². The number of carboxylic acid groups (broad SMARTS) is 1. The van der Waals surface area contributed by atoms with E-state index in [1.165, 1.54) is 17.2 Å². The van der Waals surface area contributed by atoms with Crippen LogP contribution in [0.1, 0.15) is 24.2 Å². The zero-order valence-corrected chi connectivity index (χ0v) is 12.4. The van der Waals surface area contributed by atoms with Gasteiger partial charge in [0.05, 0.1) is 11.1 Å². The van der Waals surface area contributed by atoms with E-state index in [1.807, 2.05) is 13.8 Å².